The number of anilines is 1. The molecule has 0 saturated carbocycles. The van der Waals surface area contributed by atoms with Gasteiger partial charge in [-0.05, 0) is 28.9 Å². The molecule has 0 aliphatic heterocycles. The molecule has 0 radical (unpaired) electrons. The van der Waals surface area contributed by atoms with Gasteiger partial charge in [0.2, 0.25) is 0 Å². The minimum atomic E-state index is 0.158. The van der Waals surface area contributed by atoms with Crippen molar-refractivity contribution in [3.8, 4) is 0 Å². The van der Waals surface area contributed by atoms with Gasteiger partial charge in [0.15, 0.2) is 0 Å². The number of hydrogen-bond acceptors (Lipinski definition) is 1. The lowest BCUT2D eigenvalue weighted by molar-refractivity contribution is 0.246. The fourth-order valence-corrected chi connectivity index (χ4v) is 2.28. The molecule has 1 heteroatoms. The smallest absolute Gasteiger partial charge is 0.0352 e. The number of nitrogens with two attached hydrogens (primary N) is 1. The summed E-state index contributed by atoms with van der Waals surface area (Å²) in [4.78, 5) is 0. The van der Waals surface area contributed by atoms with Crippen molar-refractivity contribution < 1.29 is 0 Å². The molecule has 1 aromatic carbocycles. The Bertz CT molecular complexity index is 318. The standard InChI is InChI=1S/C14H23N/c1-10(2)14(5,11(3)4)12-8-6-7-9-13(12)15/h6-11H,15H2,1-5H3. The molecule has 84 valence electrons. The van der Waals surface area contributed by atoms with Gasteiger partial charge in [0, 0.05) is 5.69 Å². The normalized spacial score (nSPS) is 12.5. The molecule has 0 aliphatic carbocycles. The lowest BCUT2D eigenvalue weighted by Crippen LogP contribution is -2.35. The molecular formula is C14H23N. The van der Waals surface area contributed by atoms with E-state index in [0.29, 0.717) is 11.8 Å². The lowest BCUT2D eigenvalue weighted by atomic mass is 9.65. The molecule has 0 spiro atoms. The van der Waals surface area contributed by atoms with E-state index in [-0.39, 0.29) is 5.41 Å². The molecule has 1 nitrogen and oxygen atoms in total. The van der Waals surface area contributed by atoms with Crippen molar-refractivity contribution >= 4 is 5.69 Å². The summed E-state index contributed by atoms with van der Waals surface area (Å²) in [5, 5.41) is 0. The van der Waals surface area contributed by atoms with Crippen molar-refractivity contribution in [3.63, 3.8) is 0 Å². The maximum Gasteiger partial charge on any atom is 0.0352 e. The third-order valence-electron chi connectivity index (χ3n) is 3.94. The average molecular weight is 205 g/mol. The minimum Gasteiger partial charge on any atom is -0.398 e. The first-order chi connectivity index (χ1) is 6.90. The lowest BCUT2D eigenvalue weighted by Gasteiger charge is -2.39. The van der Waals surface area contributed by atoms with Crippen LogP contribution in [0.4, 0.5) is 5.69 Å². The van der Waals surface area contributed by atoms with E-state index in [1.807, 2.05) is 12.1 Å². The highest BCUT2D eigenvalue weighted by molar-refractivity contribution is 5.51. The van der Waals surface area contributed by atoms with Crippen LogP contribution in [0.15, 0.2) is 24.3 Å². The van der Waals surface area contributed by atoms with E-state index in [1.54, 1.807) is 0 Å². The molecule has 2 N–H and O–H groups in total. The van der Waals surface area contributed by atoms with E-state index in [9.17, 15) is 0 Å². The minimum absolute atomic E-state index is 0.158. The number of rotatable bonds is 3. The van der Waals surface area contributed by atoms with Crippen molar-refractivity contribution in [2.45, 2.75) is 40.0 Å². The third-order valence-corrected chi connectivity index (χ3v) is 3.94. The summed E-state index contributed by atoms with van der Waals surface area (Å²) in [5.74, 6) is 1.17. The van der Waals surface area contributed by atoms with Crippen molar-refractivity contribution in [2.75, 3.05) is 5.73 Å². The monoisotopic (exact) mass is 205 g/mol. The van der Waals surface area contributed by atoms with Gasteiger partial charge in [-0.2, -0.15) is 0 Å². The molecule has 0 aromatic heterocycles. The van der Waals surface area contributed by atoms with E-state index in [4.69, 9.17) is 5.73 Å². The van der Waals surface area contributed by atoms with Gasteiger partial charge in [0.05, 0.1) is 0 Å². The van der Waals surface area contributed by atoms with E-state index in [1.165, 1.54) is 5.56 Å². The molecule has 0 aliphatic rings. The summed E-state index contributed by atoms with van der Waals surface area (Å²) >= 11 is 0. The van der Waals surface area contributed by atoms with Gasteiger partial charge in [-0.3, -0.25) is 0 Å². The number of nitrogen functional groups attached to an aromatic ring is 1. The molecular weight excluding hydrogens is 182 g/mol. The fraction of sp³-hybridized carbons (Fsp3) is 0.571. The van der Waals surface area contributed by atoms with E-state index < -0.39 is 0 Å². The van der Waals surface area contributed by atoms with Gasteiger partial charge < -0.3 is 5.73 Å². The second kappa shape index (κ2) is 4.26. The highest BCUT2D eigenvalue weighted by Crippen LogP contribution is 2.41. The van der Waals surface area contributed by atoms with Crippen LogP contribution in [-0.2, 0) is 5.41 Å². The summed E-state index contributed by atoms with van der Waals surface area (Å²) in [5.41, 5.74) is 8.45. The molecule has 0 amide bonds. The van der Waals surface area contributed by atoms with Crippen LogP contribution < -0.4 is 5.73 Å². The average Bonchev–Trinajstić information content (AvgIpc) is 2.16. The van der Waals surface area contributed by atoms with Crippen molar-refractivity contribution in [1.82, 2.24) is 0 Å². The number of benzene rings is 1. The Morgan fingerprint density at radius 1 is 1.00 bits per heavy atom. The van der Waals surface area contributed by atoms with Crippen LogP contribution in [0.3, 0.4) is 0 Å². The Balaban J connectivity index is 3.28. The first-order valence-electron chi connectivity index (χ1n) is 5.75. The van der Waals surface area contributed by atoms with Gasteiger partial charge in [-0.15, -0.1) is 0 Å². The van der Waals surface area contributed by atoms with Crippen molar-refractivity contribution in [2.24, 2.45) is 11.8 Å². The van der Waals surface area contributed by atoms with Crippen LogP contribution >= 0.6 is 0 Å². The number of para-hydroxylation sites is 1. The van der Waals surface area contributed by atoms with Crippen LogP contribution in [0.5, 0.6) is 0 Å². The first-order valence-corrected chi connectivity index (χ1v) is 5.75. The van der Waals surface area contributed by atoms with Crippen LogP contribution in [0, 0.1) is 11.8 Å². The van der Waals surface area contributed by atoms with E-state index in [2.05, 4.69) is 46.8 Å². The van der Waals surface area contributed by atoms with Gasteiger partial charge in [0.1, 0.15) is 0 Å². The topological polar surface area (TPSA) is 26.0 Å². The third kappa shape index (κ3) is 2.01. The fourth-order valence-electron chi connectivity index (χ4n) is 2.28. The van der Waals surface area contributed by atoms with E-state index in [0.717, 1.165) is 5.69 Å². The molecule has 1 aromatic rings. The molecule has 0 bridgehead atoms. The maximum absolute atomic E-state index is 6.08. The highest BCUT2D eigenvalue weighted by atomic mass is 14.6. The Morgan fingerprint density at radius 2 is 1.47 bits per heavy atom. The Hall–Kier alpha value is -0.980. The Morgan fingerprint density at radius 3 is 1.87 bits per heavy atom. The zero-order chi connectivity index (χ0) is 11.6. The largest absolute Gasteiger partial charge is 0.398 e. The summed E-state index contributed by atoms with van der Waals surface area (Å²) in [6.45, 7) is 11.4. The Kier molecular flexibility index (Phi) is 3.43. The second-order valence-corrected chi connectivity index (χ2v) is 5.18. The highest BCUT2D eigenvalue weighted by Gasteiger charge is 2.34. The first kappa shape index (κ1) is 12.1. The molecule has 0 fully saturated rings. The molecule has 0 unspecified atom stereocenters. The number of hydrogen-bond donors (Lipinski definition) is 1. The van der Waals surface area contributed by atoms with E-state index >= 15 is 0 Å². The van der Waals surface area contributed by atoms with Crippen LogP contribution in [0.2, 0.25) is 0 Å². The van der Waals surface area contributed by atoms with Crippen LogP contribution in [0.25, 0.3) is 0 Å². The molecule has 0 atom stereocenters. The van der Waals surface area contributed by atoms with Gasteiger partial charge in [0.25, 0.3) is 0 Å². The quantitative estimate of drug-likeness (QED) is 0.745. The summed E-state index contributed by atoms with van der Waals surface area (Å²) < 4.78 is 0. The molecule has 1 rings (SSSR count). The van der Waals surface area contributed by atoms with Crippen LogP contribution in [0.1, 0.15) is 40.2 Å². The van der Waals surface area contributed by atoms with Crippen molar-refractivity contribution in [3.05, 3.63) is 29.8 Å². The van der Waals surface area contributed by atoms with Gasteiger partial charge in [-0.1, -0.05) is 52.8 Å². The predicted molar refractivity (Wildman–Crippen MR) is 67.9 cm³/mol. The zero-order valence-electron chi connectivity index (χ0n) is 10.5. The summed E-state index contributed by atoms with van der Waals surface area (Å²) in [6, 6.07) is 8.24. The second-order valence-electron chi connectivity index (χ2n) is 5.18. The predicted octanol–water partition coefficient (Wildman–Crippen LogP) is 3.84. The maximum atomic E-state index is 6.08. The SMILES string of the molecule is CC(C)C(C)(c1ccccc1N)C(C)C. The van der Waals surface area contributed by atoms with Crippen LogP contribution in [-0.4, -0.2) is 0 Å². The Labute approximate surface area is 93.7 Å². The molecule has 0 saturated heterocycles. The van der Waals surface area contributed by atoms with Gasteiger partial charge in [-0.25, -0.2) is 0 Å². The molecule has 0 heterocycles. The zero-order valence-corrected chi connectivity index (χ0v) is 10.5. The molecule has 15 heavy (non-hydrogen) atoms. The van der Waals surface area contributed by atoms with Crippen molar-refractivity contribution in [1.29, 1.82) is 0 Å². The van der Waals surface area contributed by atoms with Gasteiger partial charge >= 0.3 is 0 Å². The summed E-state index contributed by atoms with van der Waals surface area (Å²) in [6.07, 6.45) is 0. The summed E-state index contributed by atoms with van der Waals surface area (Å²) in [7, 11) is 0.